The van der Waals surface area contributed by atoms with Crippen molar-refractivity contribution in [3.05, 3.63) is 41.4 Å². The van der Waals surface area contributed by atoms with Gasteiger partial charge in [0.05, 0.1) is 18.1 Å². The van der Waals surface area contributed by atoms with Crippen LogP contribution in [0.3, 0.4) is 0 Å². The van der Waals surface area contributed by atoms with Crippen molar-refractivity contribution in [3.8, 4) is 0 Å². The van der Waals surface area contributed by atoms with Crippen LogP contribution in [0.4, 0.5) is 17.5 Å². The maximum absolute atomic E-state index is 12.0. The van der Waals surface area contributed by atoms with E-state index in [1.165, 1.54) is 25.7 Å². The van der Waals surface area contributed by atoms with Gasteiger partial charge in [0.1, 0.15) is 5.82 Å². The van der Waals surface area contributed by atoms with Gasteiger partial charge in [0.25, 0.3) is 0 Å². The number of likely N-dealkylation sites (N-methyl/N-ethyl adjacent to an activating group) is 2. The van der Waals surface area contributed by atoms with Crippen LogP contribution in [0, 0.1) is 12.8 Å². The van der Waals surface area contributed by atoms with E-state index in [0.29, 0.717) is 17.3 Å². The number of rotatable bonds is 5. The summed E-state index contributed by atoms with van der Waals surface area (Å²) in [5.41, 5.74) is 3.63. The monoisotopic (exact) mass is 509 g/mol. The SMILES string of the molecule is C/C(=C\c1cnc(Nc2ncc(N3CCN(C)CC3)cn2)cc1C)C(=O)N(C)C.CC.CC1CCCC1. The quantitative estimate of drug-likeness (QED) is 0.542. The van der Waals surface area contributed by atoms with E-state index in [9.17, 15) is 4.79 Å². The predicted octanol–water partition coefficient (Wildman–Crippen LogP) is 5.39. The van der Waals surface area contributed by atoms with E-state index in [4.69, 9.17) is 0 Å². The van der Waals surface area contributed by atoms with Crippen LogP contribution in [0.5, 0.6) is 0 Å². The molecule has 0 bridgehead atoms. The summed E-state index contributed by atoms with van der Waals surface area (Å²) < 4.78 is 0. The zero-order valence-corrected chi connectivity index (χ0v) is 24.2. The molecule has 2 aliphatic rings. The summed E-state index contributed by atoms with van der Waals surface area (Å²) in [5.74, 6) is 2.21. The van der Waals surface area contributed by atoms with Crippen LogP contribution in [0.2, 0.25) is 0 Å². The van der Waals surface area contributed by atoms with E-state index < -0.39 is 0 Å². The van der Waals surface area contributed by atoms with Crippen molar-refractivity contribution in [1.29, 1.82) is 0 Å². The highest BCUT2D eigenvalue weighted by Gasteiger charge is 2.15. The average molecular weight is 510 g/mol. The molecule has 8 heteroatoms. The standard InChI is InChI=1S/C21H29N7O.C6H12.C2H6/c1-15-11-19(22-12-17(15)10-16(2)20(29)26(3)4)25-21-23-13-18(14-24-21)28-8-6-27(5)7-9-28;1-6-4-2-3-5-6;1-2/h10-14H,6-9H2,1-5H3,(H,22,23,24,25);6H,2-5H2,1H3;1-2H3/b16-10+;;. The van der Waals surface area contributed by atoms with Crippen molar-refractivity contribution in [2.45, 2.75) is 60.3 Å². The van der Waals surface area contributed by atoms with E-state index in [0.717, 1.165) is 48.9 Å². The number of amides is 1. The minimum Gasteiger partial charge on any atom is -0.366 e. The minimum absolute atomic E-state index is 0.0135. The Labute approximate surface area is 224 Å². The van der Waals surface area contributed by atoms with Crippen molar-refractivity contribution in [2.24, 2.45) is 5.92 Å². The van der Waals surface area contributed by atoms with Crippen molar-refractivity contribution in [3.63, 3.8) is 0 Å². The smallest absolute Gasteiger partial charge is 0.248 e. The van der Waals surface area contributed by atoms with Gasteiger partial charge in [-0.05, 0) is 50.1 Å². The molecule has 2 fully saturated rings. The third-order valence-electron chi connectivity index (χ3n) is 6.66. The maximum atomic E-state index is 12.0. The molecular formula is C29H47N7O. The predicted molar refractivity (Wildman–Crippen MR) is 155 cm³/mol. The molecule has 1 saturated heterocycles. The molecule has 1 N–H and O–H groups in total. The zero-order chi connectivity index (χ0) is 27.4. The Morgan fingerprint density at radius 1 is 1.03 bits per heavy atom. The first kappa shape index (κ1) is 30.2. The highest BCUT2D eigenvalue weighted by molar-refractivity contribution is 5.97. The fourth-order valence-electron chi connectivity index (χ4n) is 4.29. The van der Waals surface area contributed by atoms with Crippen LogP contribution in [-0.2, 0) is 4.79 Å². The summed E-state index contributed by atoms with van der Waals surface area (Å²) in [6.45, 7) is 14.2. The Kier molecular flexibility index (Phi) is 12.5. The summed E-state index contributed by atoms with van der Waals surface area (Å²) >= 11 is 0. The largest absolute Gasteiger partial charge is 0.366 e. The zero-order valence-electron chi connectivity index (χ0n) is 24.2. The molecule has 0 radical (unpaired) electrons. The van der Waals surface area contributed by atoms with Gasteiger partial charge in [-0.2, -0.15) is 0 Å². The van der Waals surface area contributed by atoms with E-state index in [-0.39, 0.29) is 5.91 Å². The van der Waals surface area contributed by atoms with Gasteiger partial charge in [0.2, 0.25) is 11.9 Å². The number of hydrogen-bond donors (Lipinski definition) is 1. The second-order valence-corrected chi connectivity index (χ2v) is 10.0. The molecule has 204 valence electrons. The molecule has 2 aromatic heterocycles. The van der Waals surface area contributed by atoms with E-state index in [1.807, 2.05) is 52.2 Å². The molecule has 0 atom stereocenters. The number of anilines is 3. The number of carbonyl (C=O) groups excluding carboxylic acids is 1. The Balaban J connectivity index is 0.000000519. The first-order valence-corrected chi connectivity index (χ1v) is 13.6. The van der Waals surface area contributed by atoms with Gasteiger partial charge in [-0.25, -0.2) is 15.0 Å². The first-order valence-electron chi connectivity index (χ1n) is 13.6. The van der Waals surface area contributed by atoms with Crippen molar-refractivity contribution >= 4 is 29.4 Å². The summed E-state index contributed by atoms with van der Waals surface area (Å²) in [6, 6.07) is 1.93. The number of aryl methyl sites for hydroxylation is 1. The summed E-state index contributed by atoms with van der Waals surface area (Å²) in [7, 11) is 5.62. The molecule has 1 aliphatic carbocycles. The number of carbonyl (C=O) groups is 1. The lowest BCUT2D eigenvalue weighted by atomic mass is 10.1. The number of pyridine rings is 1. The van der Waals surface area contributed by atoms with Gasteiger partial charge in [-0.15, -0.1) is 0 Å². The Hall–Kier alpha value is -3.00. The molecule has 0 aromatic carbocycles. The van der Waals surface area contributed by atoms with E-state index in [2.05, 4.69) is 44.0 Å². The highest BCUT2D eigenvalue weighted by atomic mass is 16.2. The molecule has 8 nitrogen and oxygen atoms in total. The van der Waals surface area contributed by atoms with Gasteiger partial charge in [0, 0.05) is 52.0 Å². The van der Waals surface area contributed by atoms with Crippen LogP contribution in [0.15, 0.2) is 30.2 Å². The van der Waals surface area contributed by atoms with Gasteiger partial charge >= 0.3 is 0 Å². The highest BCUT2D eigenvalue weighted by Crippen LogP contribution is 2.23. The van der Waals surface area contributed by atoms with Gasteiger partial charge < -0.3 is 20.0 Å². The number of hydrogen-bond acceptors (Lipinski definition) is 7. The molecule has 0 spiro atoms. The first-order chi connectivity index (χ1) is 17.7. The summed E-state index contributed by atoms with van der Waals surface area (Å²) in [6.07, 6.45) is 13.3. The topological polar surface area (TPSA) is 77.5 Å². The Morgan fingerprint density at radius 3 is 2.11 bits per heavy atom. The van der Waals surface area contributed by atoms with Gasteiger partial charge in [0.15, 0.2) is 0 Å². The maximum Gasteiger partial charge on any atom is 0.248 e. The van der Waals surface area contributed by atoms with E-state index in [1.54, 1.807) is 25.2 Å². The van der Waals surface area contributed by atoms with Crippen LogP contribution >= 0.6 is 0 Å². The molecule has 1 amide bonds. The normalized spacial score (nSPS) is 16.3. The number of aromatic nitrogens is 3. The second kappa shape index (κ2) is 15.3. The molecule has 37 heavy (non-hydrogen) atoms. The lowest BCUT2D eigenvalue weighted by Gasteiger charge is -2.33. The fraction of sp³-hybridized carbons (Fsp3) is 0.586. The average Bonchev–Trinajstić information content (AvgIpc) is 3.38. The van der Waals surface area contributed by atoms with Crippen molar-refractivity contribution in [2.75, 3.05) is 57.5 Å². The van der Waals surface area contributed by atoms with Gasteiger partial charge in [-0.1, -0.05) is 46.5 Å². The van der Waals surface area contributed by atoms with E-state index >= 15 is 0 Å². The van der Waals surface area contributed by atoms with Crippen LogP contribution in [-0.4, -0.2) is 78.0 Å². The molecule has 2 aromatic rings. The molecule has 0 unspecified atom stereocenters. The van der Waals surface area contributed by atoms with Crippen LogP contribution in [0.25, 0.3) is 6.08 Å². The lowest BCUT2D eigenvalue weighted by Crippen LogP contribution is -2.44. The van der Waals surface area contributed by atoms with Gasteiger partial charge in [-0.3, -0.25) is 4.79 Å². The number of piperazine rings is 1. The van der Waals surface area contributed by atoms with Crippen LogP contribution < -0.4 is 10.2 Å². The molecule has 1 saturated carbocycles. The van der Waals surface area contributed by atoms with Crippen molar-refractivity contribution in [1.82, 2.24) is 24.8 Å². The molecular weight excluding hydrogens is 462 g/mol. The Morgan fingerprint density at radius 2 is 1.62 bits per heavy atom. The molecule has 4 rings (SSSR count). The third kappa shape index (κ3) is 9.76. The number of nitrogens with one attached hydrogen (secondary N) is 1. The molecule has 3 heterocycles. The van der Waals surface area contributed by atoms with Crippen molar-refractivity contribution < 1.29 is 4.79 Å². The molecule has 1 aliphatic heterocycles. The second-order valence-electron chi connectivity index (χ2n) is 10.0. The fourth-order valence-corrected chi connectivity index (χ4v) is 4.29. The summed E-state index contributed by atoms with van der Waals surface area (Å²) in [4.78, 5) is 31.5. The summed E-state index contributed by atoms with van der Waals surface area (Å²) in [5, 5.41) is 3.15. The van der Waals surface area contributed by atoms with Crippen LogP contribution in [0.1, 0.15) is 64.5 Å². The Bertz CT molecular complexity index is 990. The minimum atomic E-state index is -0.0135. The lowest BCUT2D eigenvalue weighted by molar-refractivity contribution is -0.124. The third-order valence-corrected chi connectivity index (χ3v) is 6.66. The number of nitrogens with zero attached hydrogens (tertiary/aromatic N) is 6.